The summed E-state index contributed by atoms with van der Waals surface area (Å²) in [5, 5.41) is 0. The number of quaternary nitrogens is 1. The molecule has 0 fully saturated rings. The Morgan fingerprint density at radius 2 is 0.800 bits per heavy atom. The van der Waals surface area contributed by atoms with Gasteiger partial charge in [0.25, 0.3) is 0 Å². The van der Waals surface area contributed by atoms with Crippen molar-refractivity contribution < 1.29 is 45.0 Å². The molecule has 12 heteroatoms. The maximum atomic E-state index is 8.74. The summed E-state index contributed by atoms with van der Waals surface area (Å²) in [5.41, 5.74) is 0. The van der Waals surface area contributed by atoms with Gasteiger partial charge in [0.05, 0.1) is 26.7 Å². The normalized spacial score (nSPS) is 11.4. The van der Waals surface area contributed by atoms with Gasteiger partial charge in [-0.05, 0) is 19.3 Å². The van der Waals surface area contributed by atoms with Crippen molar-refractivity contribution in [3.05, 3.63) is 0 Å². The van der Waals surface area contributed by atoms with E-state index in [0.29, 0.717) is 0 Å². The van der Waals surface area contributed by atoms with Crippen LogP contribution in [0.4, 0.5) is 0 Å². The molecule has 0 aliphatic rings. The smallest absolute Gasteiger partial charge is 0.394 e. The molecule has 158 valence electrons. The minimum Gasteiger partial charge on any atom is -0.412 e. The lowest BCUT2D eigenvalue weighted by atomic mass is 10.2. The maximum absolute atomic E-state index is 8.74. The minimum absolute atomic E-state index is 0. The van der Waals surface area contributed by atoms with Crippen molar-refractivity contribution in [2.24, 2.45) is 0 Å². The molecule has 0 bridgehead atoms. The number of nitrogens with zero attached hydrogens (tertiary/aromatic N) is 1. The zero-order valence-corrected chi connectivity index (χ0v) is 17.2. The molecule has 0 atom stereocenters. The van der Waals surface area contributed by atoms with Crippen molar-refractivity contribution in [2.45, 2.75) is 59.3 Å². The van der Waals surface area contributed by atoms with E-state index in [1.165, 1.54) is 62.6 Å². The topological polar surface area (TPSA) is 181 Å². The van der Waals surface area contributed by atoms with Crippen LogP contribution in [0.15, 0.2) is 0 Å². The van der Waals surface area contributed by atoms with E-state index < -0.39 is 20.8 Å². The Bertz CT molecular complexity index is 410. The van der Waals surface area contributed by atoms with Gasteiger partial charge in [-0.25, -0.2) is 0 Å². The standard InChI is InChI=1S/C13H30N.2H2O4S.H2O/c1-5-8-11-14(4,12-9-6-2)13-10-7-3;2*1-5(2,3)4;/h5-13H2,1-4H3;2*(H2,1,2,3,4);1H2/q+1;;;. The largest absolute Gasteiger partial charge is 0.412 e. The highest BCUT2D eigenvalue weighted by Gasteiger charge is 2.18. The molecule has 0 spiro atoms. The molecule has 0 saturated heterocycles. The van der Waals surface area contributed by atoms with E-state index in [-0.39, 0.29) is 5.48 Å². The Kier molecular flexibility index (Phi) is 22.1. The highest BCUT2D eigenvalue weighted by atomic mass is 32.3. The number of hydrogen-bond donors (Lipinski definition) is 4. The zero-order chi connectivity index (χ0) is 19.9. The SMILES string of the molecule is CCCC[N+](C)(CCCC)CCCC.O.O=S(=O)(O)O.O=S(=O)(O)O. The second kappa shape index (κ2) is 17.1. The fourth-order valence-electron chi connectivity index (χ4n) is 1.95. The van der Waals surface area contributed by atoms with Crippen LogP contribution in [0.5, 0.6) is 0 Å². The molecule has 0 aromatic rings. The number of hydrogen-bond acceptors (Lipinski definition) is 4. The third-order valence-electron chi connectivity index (χ3n) is 3.15. The van der Waals surface area contributed by atoms with Gasteiger partial charge in [0.15, 0.2) is 0 Å². The lowest BCUT2D eigenvalue weighted by Crippen LogP contribution is -2.46. The van der Waals surface area contributed by atoms with E-state index in [9.17, 15) is 0 Å². The Balaban J connectivity index is -0.000000166. The van der Waals surface area contributed by atoms with Gasteiger partial charge in [-0.3, -0.25) is 18.2 Å². The maximum Gasteiger partial charge on any atom is 0.394 e. The first kappa shape index (κ1) is 32.3. The summed E-state index contributed by atoms with van der Waals surface area (Å²) in [6.45, 7) is 11.0. The van der Waals surface area contributed by atoms with E-state index in [1.807, 2.05) is 0 Å². The van der Waals surface area contributed by atoms with Crippen molar-refractivity contribution in [1.29, 1.82) is 0 Å². The fraction of sp³-hybridized carbons (Fsp3) is 1.00. The van der Waals surface area contributed by atoms with Crippen LogP contribution >= 0.6 is 0 Å². The first-order valence-corrected chi connectivity index (χ1v) is 10.7. The molecule has 0 unspecified atom stereocenters. The summed E-state index contributed by atoms with van der Waals surface area (Å²) in [4.78, 5) is 0. The van der Waals surface area contributed by atoms with Crippen LogP contribution in [-0.2, 0) is 20.8 Å². The summed E-state index contributed by atoms with van der Waals surface area (Å²) >= 11 is 0. The Morgan fingerprint density at radius 1 is 0.640 bits per heavy atom. The van der Waals surface area contributed by atoms with E-state index in [2.05, 4.69) is 27.8 Å². The Morgan fingerprint density at radius 3 is 0.920 bits per heavy atom. The molecule has 0 aliphatic carbocycles. The lowest BCUT2D eigenvalue weighted by molar-refractivity contribution is -0.910. The average molecular weight is 415 g/mol. The number of rotatable bonds is 9. The predicted molar refractivity (Wildman–Crippen MR) is 97.5 cm³/mol. The van der Waals surface area contributed by atoms with Crippen LogP contribution in [-0.4, -0.2) is 71.7 Å². The highest BCUT2D eigenvalue weighted by molar-refractivity contribution is 7.80. The second-order valence-electron chi connectivity index (χ2n) is 5.75. The van der Waals surface area contributed by atoms with Crippen molar-refractivity contribution in [1.82, 2.24) is 0 Å². The molecule has 0 rings (SSSR count). The molecule has 0 amide bonds. The molecule has 0 aromatic heterocycles. The summed E-state index contributed by atoms with van der Waals surface area (Å²) in [6, 6.07) is 0. The third-order valence-corrected chi connectivity index (χ3v) is 3.15. The molecule has 25 heavy (non-hydrogen) atoms. The van der Waals surface area contributed by atoms with Gasteiger partial charge in [0.2, 0.25) is 0 Å². The molecular formula is C13H36NO9S2+. The molecule has 0 heterocycles. The van der Waals surface area contributed by atoms with Gasteiger partial charge in [0.1, 0.15) is 0 Å². The molecular weight excluding hydrogens is 378 g/mol. The van der Waals surface area contributed by atoms with Gasteiger partial charge in [0, 0.05) is 0 Å². The van der Waals surface area contributed by atoms with Gasteiger partial charge >= 0.3 is 20.8 Å². The Labute approximate surface area is 152 Å². The van der Waals surface area contributed by atoms with E-state index in [4.69, 9.17) is 35.0 Å². The molecule has 0 aliphatic heterocycles. The number of unbranched alkanes of at least 4 members (excludes halogenated alkanes) is 3. The van der Waals surface area contributed by atoms with Crippen molar-refractivity contribution in [3.8, 4) is 0 Å². The summed E-state index contributed by atoms with van der Waals surface area (Å²) in [7, 11) is -6.89. The van der Waals surface area contributed by atoms with Gasteiger partial charge in [-0.2, -0.15) is 16.8 Å². The van der Waals surface area contributed by atoms with Crippen LogP contribution in [0.1, 0.15) is 59.3 Å². The van der Waals surface area contributed by atoms with E-state index in [1.54, 1.807) is 0 Å². The summed E-state index contributed by atoms with van der Waals surface area (Å²) < 4.78 is 64.5. The highest BCUT2D eigenvalue weighted by Crippen LogP contribution is 2.10. The summed E-state index contributed by atoms with van der Waals surface area (Å²) in [6.07, 6.45) is 8.20. The lowest BCUT2D eigenvalue weighted by Gasteiger charge is -2.34. The quantitative estimate of drug-likeness (QED) is 0.325. The summed E-state index contributed by atoms with van der Waals surface area (Å²) in [5.74, 6) is 0. The Hall–Kier alpha value is -0.340. The van der Waals surface area contributed by atoms with Gasteiger partial charge < -0.3 is 9.96 Å². The van der Waals surface area contributed by atoms with Crippen molar-refractivity contribution in [2.75, 3.05) is 26.7 Å². The first-order chi connectivity index (χ1) is 10.7. The van der Waals surface area contributed by atoms with Crippen molar-refractivity contribution >= 4 is 20.8 Å². The molecule has 6 N–H and O–H groups in total. The van der Waals surface area contributed by atoms with Crippen LogP contribution < -0.4 is 0 Å². The van der Waals surface area contributed by atoms with Crippen LogP contribution in [0.2, 0.25) is 0 Å². The van der Waals surface area contributed by atoms with Gasteiger partial charge in [-0.1, -0.05) is 40.0 Å². The van der Waals surface area contributed by atoms with E-state index in [0.717, 1.165) is 0 Å². The zero-order valence-electron chi connectivity index (χ0n) is 15.5. The third kappa shape index (κ3) is 51.6. The molecule has 0 aromatic carbocycles. The molecule has 0 saturated carbocycles. The monoisotopic (exact) mass is 414 g/mol. The molecule has 10 nitrogen and oxygen atoms in total. The van der Waals surface area contributed by atoms with Crippen LogP contribution in [0, 0.1) is 0 Å². The van der Waals surface area contributed by atoms with Crippen LogP contribution in [0.25, 0.3) is 0 Å². The average Bonchev–Trinajstić information content (AvgIpc) is 2.37. The fourth-order valence-corrected chi connectivity index (χ4v) is 1.95. The first-order valence-electron chi connectivity index (χ1n) is 7.91. The molecule has 0 radical (unpaired) electrons. The van der Waals surface area contributed by atoms with Crippen molar-refractivity contribution in [3.63, 3.8) is 0 Å². The predicted octanol–water partition coefficient (Wildman–Crippen LogP) is 1.70. The van der Waals surface area contributed by atoms with E-state index >= 15 is 0 Å². The van der Waals surface area contributed by atoms with Crippen LogP contribution in [0.3, 0.4) is 0 Å². The minimum atomic E-state index is -4.67. The van der Waals surface area contributed by atoms with Gasteiger partial charge in [-0.15, -0.1) is 0 Å². The second-order valence-corrected chi connectivity index (χ2v) is 7.54.